The van der Waals surface area contributed by atoms with Gasteiger partial charge in [0.15, 0.2) is 0 Å². The minimum absolute atomic E-state index is 0.0624. The van der Waals surface area contributed by atoms with Crippen molar-refractivity contribution >= 4 is 10.0 Å². The molecule has 0 amide bonds. The third-order valence-electron chi connectivity index (χ3n) is 2.57. The fourth-order valence-electron chi connectivity index (χ4n) is 1.58. The van der Waals surface area contributed by atoms with Crippen molar-refractivity contribution in [3.8, 4) is 0 Å². The zero-order valence-electron chi connectivity index (χ0n) is 10.4. The van der Waals surface area contributed by atoms with Crippen LogP contribution in [0.4, 0.5) is 4.39 Å². The van der Waals surface area contributed by atoms with Crippen LogP contribution in [0.5, 0.6) is 0 Å². The van der Waals surface area contributed by atoms with E-state index in [0.29, 0.717) is 5.56 Å². The lowest BCUT2D eigenvalue weighted by atomic mass is 10.2. The Labute approximate surface area is 115 Å². The van der Waals surface area contributed by atoms with Crippen LogP contribution < -0.4 is 4.72 Å². The Morgan fingerprint density at radius 1 is 1.40 bits per heavy atom. The molecule has 0 spiro atoms. The summed E-state index contributed by atoms with van der Waals surface area (Å²) >= 11 is 0. The lowest BCUT2D eigenvalue weighted by Gasteiger charge is -2.08. The molecule has 0 aliphatic rings. The van der Waals surface area contributed by atoms with Crippen LogP contribution in [0.2, 0.25) is 0 Å². The fourth-order valence-corrected chi connectivity index (χ4v) is 2.66. The van der Waals surface area contributed by atoms with E-state index < -0.39 is 20.7 Å². The van der Waals surface area contributed by atoms with Crippen LogP contribution in [-0.2, 0) is 23.2 Å². The molecule has 1 aromatic heterocycles. The van der Waals surface area contributed by atoms with Gasteiger partial charge in [0.2, 0.25) is 10.0 Å². The van der Waals surface area contributed by atoms with Gasteiger partial charge in [-0.25, -0.2) is 17.5 Å². The van der Waals surface area contributed by atoms with E-state index >= 15 is 0 Å². The summed E-state index contributed by atoms with van der Waals surface area (Å²) in [5, 5.41) is 16.1. The summed E-state index contributed by atoms with van der Waals surface area (Å²) in [6.45, 7) is -0.000563. The number of nitrogens with one attached hydrogen (secondary N) is 1. The van der Waals surface area contributed by atoms with Gasteiger partial charge >= 0.3 is 0 Å². The first-order valence-electron chi connectivity index (χ1n) is 5.76. The molecule has 0 aliphatic carbocycles. The normalized spacial score (nSPS) is 11.7. The maximum Gasteiger partial charge on any atom is 0.243 e. The second kappa shape index (κ2) is 6.07. The molecule has 0 radical (unpaired) electrons. The van der Waals surface area contributed by atoms with Crippen LogP contribution in [-0.4, -0.2) is 35.1 Å². The highest BCUT2D eigenvalue weighted by Gasteiger charge is 2.18. The Hall–Kier alpha value is -1.84. The van der Waals surface area contributed by atoms with Crippen LogP contribution in [0.1, 0.15) is 5.56 Å². The van der Waals surface area contributed by atoms with Crippen molar-refractivity contribution in [2.24, 2.45) is 0 Å². The minimum atomic E-state index is -3.94. The fraction of sp³-hybridized carbons (Fsp3) is 0.273. The number of halogens is 1. The van der Waals surface area contributed by atoms with E-state index in [1.807, 2.05) is 0 Å². The van der Waals surface area contributed by atoms with E-state index in [4.69, 9.17) is 5.11 Å². The first kappa shape index (κ1) is 14.6. The third kappa shape index (κ3) is 3.38. The Morgan fingerprint density at radius 3 is 2.80 bits per heavy atom. The average molecular weight is 300 g/mol. The van der Waals surface area contributed by atoms with E-state index in [-0.39, 0.29) is 19.7 Å². The van der Waals surface area contributed by atoms with Crippen LogP contribution >= 0.6 is 0 Å². The maximum absolute atomic E-state index is 13.7. The van der Waals surface area contributed by atoms with E-state index in [2.05, 4.69) is 15.0 Å². The second-order valence-electron chi connectivity index (χ2n) is 3.99. The van der Waals surface area contributed by atoms with Gasteiger partial charge in [-0.1, -0.05) is 11.3 Å². The summed E-state index contributed by atoms with van der Waals surface area (Å²) in [6.07, 6.45) is 3.06. The molecule has 20 heavy (non-hydrogen) atoms. The molecule has 1 aromatic carbocycles. The van der Waals surface area contributed by atoms with Crippen LogP contribution in [0.25, 0.3) is 0 Å². The molecule has 0 bridgehead atoms. The SMILES string of the molecule is O=S(=O)(NCCn1ccnn1)c1ccc(CO)cc1F. The largest absolute Gasteiger partial charge is 0.392 e. The molecule has 9 heteroatoms. The lowest BCUT2D eigenvalue weighted by Crippen LogP contribution is -2.28. The molecule has 1 heterocycles. The molecule has 7 nitrogen and oxygen atoms in total. The molecule has 0 aliphatic heterocycles. The van der Waals surface area contributed by atoms with Gasteiger partial charge in [-0.3, -0.25) is 4.68 Å². The molecule has 0 fully saturated rings. The number of aromatic nitrogens is 3. The number of aliphatic hydroxyl groups excluding tert-OH is 1. The van der Waals surface area contributed by atoms with E-state index in [1.54, 1.807) is 6.20 Å². The number of benzene rings is 1. The Bertz CT molecular complexity index is 673. The molecule has 0 atom stereocenters. The molecule has 2 N–H and O–H groups in total. The Balaban J connectivity index is 2.06. The molecule has 0 unspecified atom stereocenters. The summed E-state index contributed by atoms with van der Waals surface area (Å²) in [4.78, 5) is -0.451. The number of hydrogen-bond acceptors (Lipinski definition) is 5. The standard InChI is InChI=1S/C11H13FN4O3S/c12-10-7-9(8-17)1-2-11(10)20(18,19)14-4-6-16-5-3-13-15-16/h1-3,5,7,14,17H,4,6,8H2. The minimum Gasteiger partial charge on any atom is -0.392 e. The highest BCUT2D eigenvalue weighted by atomic mass is 32.2. The van der Waals surface area contributed by atoms with Crippen LogP contribution in [0.15, 0.2) is 35.5 Å². The molecule has 2 aromatic rings. The number of hydrogen-bond donors (Lipinski definition) is 2. The van der Waals surface area contributed by atoms with Gasteiger partial charge in [0.1, 0.15) is 10.7 Å². The van der Waals surface area contributed by atoms with Crippen molar-refractivity contribution in [1.82, 2.24) is 19.7 Å². The van der Waals surface area contributed by atoms with Gasteiger partial charge < -0.3 is 5.11 Å². The number of aliphatic hydroxyl groups is 1. The third-order valence-corrected chi connectivity index (χ3v) is 4.07. The quantitative estimate of drug-likeness (QED) is 0.775. The highest BCUT2D eigenvalue weighted by molar-refractivity contribution is 7.89. The molecule has 0 saturated heterocycles. The zero-order chi connectivity index (χ0) is 14.6. The number of rotatable bonds is 6. The molecular weight excluding hydrogens is 287 g/mol. The smallest absolute Gasteiger partial charge is 0.243 e. The van der Waals surface area contributed by atoms with Crippen molar-refractivity contribution in [3.05, 3.63) is 42.0 Å². The second-order valence-corrected chi connectivity index (χ2v) is 5.72. The van der Waals surface area contributed by atoms with E-state index in [1.165, 1.54) is 16.9 Å². The van der Waals surface area contributed by atoms with Crippen molar-refractivity contribution in [1.29, 1.82) is 0 Å². The van der Waals surface area contributed by atoms with Crippen LogP contribution in [0, 0.1) is 5.82 Å². The summed E-state index contributed by atoms with van der Waals surface area (Å²) in [6, 6.07) is 3.47. The monoisotopic (exact) mass is 300 g/mol. The average Bonchev–Trinajstić information content (AvgIpc) is 2.91. The molecule has 108 valence electrons. The lowest BCUT2D eigenvalue weighted by molar-refractivity contribution is 0.281. The predicted octanol–water partition coefficient (Wildman–Crippen LogP) is -0.112. The van der Waals surface area contributed by atoms with Crippen molar-refractivity contribution in [3.63, 3.8) is 0 Å². The Kier molecular flexibility index (Phi) is 4.42. The molecule has 0 saturated carbocycles. The van der Waals surface area contributed by atoms with Crippen molar-refractivity contribution in [2.75, 3.05) is 6.54 Å². The topological polar surface area (TPSA) is 97.1 Å². The van der Waals surface area contributed by atoms with Gasteiger partial charge in [0.05, 0.1) is 19.3 Å². The Morgan fingerprint density at radius 2 is 2.20 bits per heavy atom. The van der Waals surface area contributed by atoms with Gasteiger partial charge in [0.25, 0.3) is 0 Å². The zero-order valence-corrected chi connectivity index (χ0v) is 11.2. The van der Waals surface area contributed by atoms with Gasteiger partial charge in [0, 0.05) is 12.7 Å². The first-order chi connectivity index (χ1) is 9.53. The van der Waals surface area contributed by atoms with Gasteiger partial charge in [-0.05, 0) is 17.7 Å². The molecule has 2 rings (SSSR count). The van der Waals surface area contributed by atoms with Crippen LogP contribution in [0.3, 0.4) is 0 Å². The first-order valence-corrected chi connectivity index (χ1v) is 7.24. The highest BCUT2D eigenvalue weighted by Crippen LogP contribution is 2.15. The summed E-state index contributed by atoms with van der Waals surface area (Å²) in [5.41, 5.74) is 0.309. The van der Waals surface area contributed by atoms with Gasteiger partial charge in [-0.15, -0.1) is 5.10 Å². The van der Waals surface area contributed by atoms with Crippen molar-refractivity contribution in [2.45, 2.75) is 18.0 Å². The number of sulfonamides is 1. The number of nitrogens with zero attached hydrogens (tertiary/aromatic N) is 3. The predicted molar refractivity (Wildman–Crippen MR) is 67.5 cm³/mol. The van der Waals surface area contributed by atoms with Crippen molar-refractivity contribution < 1.29 is 17.9 Å². The van der Waals surface area contributed by atoms with Gasteiger partial charge in [-0.2, -0.15) is 0 Å². The summed E-state index contributed by atoms with van der Waals surface area (Å²) < 4.78 is 41.2. The molecular formula is C11H13FN4O3S. The van der Waals surface area contributed by atoms with E-state index in [0.717, 1.165) is 12.1 Å². The van der Waals surface area contributed by atoms with E-state index in [9.17, 15) is 12.8 Å². The summed E-state index contributed by atoms with van der Waals surface area (Å²) in [5.74, 6) is -0.898. The summed E-state index contributed by atoms with van der Waals surface area (Å²) in [7, 11) is -3.94. The maximum atomic E-state index is 13.7.